The zero-order valence-corrected chi connectivity index (χ0v) is 16.5. The molecule has 0 radical (unpaired) electrons. The third-order valence-corrected chi connectivity index (χ3v) is 6.33. The lowest BCUT2D eigenvalue weighted by molar-refractivity contribution is -0.919. The minimum atomic E-state index is -0.515. The summed E-state index contributed by atoms with van der Waals surface area (Å²) in [4.78, 5) is 11.1. The Bertz CT molecular complexity index is 816. The fraction of sp³-hybridized carbons (Fsp3) is 0.526. The van der Waals surface area contributed by atoms with Crippen LogP contribution in [-0.2, 0) is 6.54 Å². The Kier molecular flexibility index (Phi) is 4.20. The number of hydrogen-bond acceptors (Lipinski definition) is 7. The smallest absolute Gasteiger partial charge is 0.319 e. The van der Waals surface area contributed by atoms with Crippen molar-refractivity contribution in [2.75, 3.05) is 25.0 Å². The molecular formula is C19H29N8+. The van der Waals surface area contributed by atoms with Gasteiger partial charge in [-0.3, -0.25) is 10.3 Å². The second-order valence-electron chi connectivity index (χ2n) is 7.74. The Morgan fingerprint density at radius 3 is 2.96 bits per heavy atom. The van der Waals surface area contributed by atoms with Crippen LogP contribution in [0.4, 0.5) is 5.69 Å². The monoisotopic (exact) mass is 369 g/mol. The molecule has 0 amide bonds. The average molecular weight is 369 g/mol. The SMILES string of the molecule is CC[N@@+]12C=NN(C)C13NC=NC=C3N(c1ccncc1CN)CC2C(C)C. The van der Waals surface area contributed by atoms with Gasteiger partial charge in [0, 0.05) is 43.2 Å². The molecule has 1 fully saturated rings. The van der Waals surface area contributed by atoms with Crippen LogP contribution in [0, 0.1) is 5.92 Å². The number of anilines is 1. The van der Waals surface area contributed by atoms with Crippen molar-refractivity contribution in [3.05, 3.63) is 35.9 Å². The maximum Gasteiger partial charge on any atom is 0.319 e. The number of aliphatic imine (C=N–C) groups is 1. The summed E-state index contributed by atoms with van der Waals surface area (Å²) in [6.07, 6.45) is 9.55. The van der Waals surface area contributed by atoms with E-state index in [1.54, 1.807) is 6.34 Å². The van der Waals surface area contributed by atoms with Gasteiger partial charge in [-0.2, -0.15) is 0 Å². The number of nitrogens with two attached hydrogens (primary N) is 1. The van der Waals surface area contributed by atoms with E-state index >= 15 is 0 Å². The molecule has 3 aliphatic heterocycles. The van der Waals surface area contributed by atoms with Crippen molar-refractivity contribution < 1.29 is 4.48 Å². The number of hydrogen-bond donors (Lipinski definition) is 2. The summed E-state index contributed by atoms with van der Waals surface area (Å²) in [5.74, 6) is -0.0496. The maximum absolute atomic E-state index is 6.03. The number of likely N-dealkylation sites (N-methyl/N-ethyl adjacent to an activating group) is 2. The van der Waals surface area contributed by atoms with Gasteiger partial charge in [0.1, 0.15) is 11.7 Å². The van der Waals surface area contributed by atoms with Crippen LogP contribution in [0.15, 0.2) is 40.5 Å². The molecule has 4 heterocycles. The van der Waals surface area contributed by atoms with Crippen molar-refractivity contribution in [1.29, 1.82) is 0 Å². The molecule has 1 spiro atoms. The van der Waals surface area contributed by atoms with Crippen LogP contribution in [0.3, 0.4) is 0 Å². The molecule has 1 saturated heterocycles. The van der Waals surface area contributed by atoms with Gasteiger partial charge in [-0.05, 0) is 13.0 Å². The first-order valence-corrected chi connectivity index (χ1v) is 9.58. The zero-order chi connectivity index (χ0) is 19.2. The van der Waals surface area contributed by atoms with E-state index in [0.717, 1.165) is 34.5 Å². The molecule has 27 heavy (non-hydrogen) atoms. The van der Waals surface area contributed by atoms with Gasteiger partial charge in [-0.15, -0.1) is 5.10 Å². The van der Waals surface area contributed by atoms with Gasteiger partial charge in [-0.25, -0.2) is 14.5 Å². The number of aromatic nitrogens is 1. The van der Waals surface area contributed by atoms with Gasteiger partial charge >= 0.3 is 5.79 Å². The first-order valence-electron chi connectivity index (χ1n) is 9.58. The van der Waals surface area contributed by atoms with Crippen LogP contribution in [0.25, 0.3) is 0 Å². The summed E-state index contributed by atoms with van der Waals surface area (Å²) in [6, 6.07) is 2.40. The highest BCUT2D eigenvalue weighted by atomic mass is 15.8. The molecule has 144 valence electrons. The van der Waals surface area contributed by atoms with E-state index in [0.29, 0.717) is 18.5 Å². The highest BCUT2D eigenvalue weighted by Gasteiger charge is 2.68. The van der Waals surface area contributed by atoms with Crippen molar-refractivity contribution in [2.45, 2.75) is 39.1 Å². The molecule has 8 heteroatoms. The van der Waals surface area contributed by atoms with Gasteiger partial charge in [0.05, 0.1) is 25.6 Å². The van der Waals surface area contributed by atoms with E-state index in [1.807, 2.05) is 36.7 Å². The second-order valence-corrected chi connectivity index (χ2v) is 7.74. The second kappa shape index (κ2) is 6.31. The molecule has 0 aliphatic carbocycles. The number of piperazine rings is 1. The molecule has 1 aromatic rings. The molecule has 0 saturated carbocycles. The van der Waals surface area contributed by atoms with Crippen molar-refractivity contribution in [3.63, 3.8) is 0 Å². The van der Waals surface area contributed by atoms with Crippen molar-refractivity contribution >= 4 is 18.4 Å². The van der Waals surface area contributed by atoms with Gasteiger partial charge in [-0.1, -0.05) is 13.8 Å². The summed E-state index contributed by atoms with van der Waals surface area (Å²) in [6.45, 7) is 9.07. The fourth-order valence-electron chi connectivity index (χ4n) is 4.97. The molecule has 8 nitrogen and oxygen atoms in total. The summed E-state index contributed by atoms with van der Waals surface area (Å²) in [7, 11) is 2.03. The predicted octanol–water partition coefficient (Wildman–Crippen LogP) is 1.24. The first-order chi connectivity index (χ1) is 13.0. The van der Waals surface area contributed by atoms with Crippen LogP contribution in [-0.4, -0.2) is 59.1 Å². The van der Waals surface area contributed by atoms with Gasteiger partial charge in [0.25, 0.3) is 0 Å². The normalized spacial score (nSPS) is 31.6. The minimum absolute atomic E-state index is 0.346. The Morgan fingerprint density at radius 2 is 2.26 bits per heavy atom. The summed E-state index contributed by atoms with van der Waals surface area (Å²) < 4.78 is 0.735. The van der Waals surface area contributed by atoms with Crippen LogP contribution in [0.2, 0.25) is 0 Å². The maximum atomic E-state index is 6.03. The van der Waals surface area contributed by atoms with E-state index in [9.17, 15) is 0 Å². The molecule has 0 aromatic carbocycles. The number of hydrazone groups is 1. The lowest BCUT2D eigenvalue weighted by atomic mass is 9.90. The predicted molar refractivity (Wildman–Crippen MR) is 108 cm³/mol. The molecule has 2 unspecified atom stereocenters. The average Bonchev–Trinajstić information content (AvgIpc) is 2.99. The molecular weight excluding hydrogens is 340 g/mol. The molecule has 3 aliphatic rings. The molecule has 0 bridgehead atoms. The topological polar surface area (TPSA) is 82.1 Å². The Hall–Kier alpha value is -2.45. The number of nitrogens with zero attached hydrogens (tertiary/aromatic N) is 6. The van der Waals surface area contributed by atoms with Crippen molar-refractivity contribution in [3.8, 4) is 0 Å². The highest BCUT2D eigenvalue weighted by Crippen LogP contribution is 2.47. The van der Waals surface area contributed by atoms with Crippen LogP contribution < -0.4 is 16.0 Å². The van der Waals surface area contributed by atoms with Crippen LogP contribution in [0.5, 0.6) is 0 Å². The van der Waals surface area contributed by atoms with E-state index < -0.39 is 5.79 Å². The third-order valence-electron chi connectivity index (χ3n) is 6.33. The van der Waals surface area contributed by atoms with E-state index in [-0.39, 0.29) is 0 Å². The number of pyridine rings is 1. The lowest BCUT2D eigenvalue weighted by Crippen LogP contribution is -2.83. The number of quaternary nitrogens is 1. The largest absolute Gasteiger partial charge is 0.328 e. The van der Waals surface area contributed by atoms with Crippen LogP contribution >= 0.6 is 0 Å². The number of nitrogens with one attached hydrogen (secondary N) is 1. The zero-order valence-electron chi connectivity index (χ0n) is 16.5. The third kappa shape index (κ3) is 2.20. The summed E-state index contributed by atoms with van der Waals surface area (Å²) in [5.41, 5.74) is 9.25. The van der Waals surface area contributed by atoms with Crippen LogP contribution in [0.1, 0.15) is 26.3 Å². The van der Waals surface area contributed by atoms with Crippen molar-refractivity contribution in [2.24, 2.45) is 21.7 Å². The Morgan fingerprint density at radius 1 is 1.44 bits per heavy atom. The first kappa shape index (κ1) is 17.9. The molecule has 3 N–H and O–H groups in total. The van der Waals surface area contributed by atoms with E-state index in [1.165, 1.54) is 0 Å². The Balaban J connectivity index is 1.94. The molecule has 3 atom stereocenters. The van der Waals surface area contributed by atoms with Gasteiger partial charge < -0.3 is 10.6 Å². The minimum Gasteiger partial charge on any atom is -0.328 e. The van der Waals surface area contributed by atoms with E-state index in [4.69, 9.17) is 10.8 Å². The molecule has 4 rings (SSSR count). The standard InChI is InChI=1S/C19H29N8/c1-5-27-13-24-25(4)19(27)18(10-22-12-23-19)26(11-17(27)14(2)3)16-6-7-21-9-15(16)8-20/h6-7,9-10,12-14,17H,5,8,11,20H2,1-4H3,(H,22,23)/q+1/t17?,19?,27-/m0/s1. The quantitative estimate of drug-likeness (QED) is 0.781. The summed E-state index contributed by atoms with van der Waals surface area (Å²) in [5, 5.41) is 10.4. The summed E-state index contributed by atoms with van der Waals surface area (Å²) >= 11 is 0. The van der Waals surface area contributed by atoms with E-state index in [2.05, 4.69) is 47.3 Å². The molecule has 1 aromatic heterocycles. The lowest BCUT2D eigenvalue weighted by Gasteiger charge is -2.59. The van der Waals surface area contributed by atoms with Gasteiger partial charge in [0.2, 0.25) is 6.34 Å². The highest BCUT2D eigenvalue weighted by molar-refractivity contribution is 5.68. The fourth-order valence-corrected chi connectivity index (χ4v) is 4.97. The number of rotatable bonds is 4. The van der Waals surface area contributed by atoms with Crippen molar-refractivity contribution in [1.82, 2.24) is 15.3 Å². The Labute approximate surface area is 160 Å². The van der Waals surface area contributed by atoms with Gasteiger partial charge in [0.15, 0.2) is 0 Å².